The molecule has 0 N–H and O–H groups in total. The minimum absolute atomic E-state index is 0.0695. The van der Waals surface area contributed by atoms with Crippen LogP contribution in [-0.2, 0) is 4.84 Å². The molecule has 23 heavy (non-hydrogen) atoms. The fourth-order valence-electron chi connectivity index (χ4n) is 1.92. The van der Waals surface area contributed by atoms with Crippen LogP contribution in [0.4, 0.5) is 17.6 Å². The number of alkyl halides is 3. The highest BCUT2D eigenvalue weighted by Crippen LogP contribution is 2.30. The molecule has 126 valence electrons. The van der Waals surface area contributed by atoms with Gasteiger partial charge in [-0.1, -0.05) is 12.1 Å². The topological polar surface area (TPSA) is 28.1 Å². The Hall–Kier alpha value is -1.67. The molecule has 1 aliphatic heterocycles. The zero-order valence-corrected chi connectivity index (χ0v) is 12.9. The summed E-state index contributed by atoms with van der Waals surface area (Å²) in [6.07, 6.45) is -6.94. The Morgan fingerprint density at radius 2 is 2.04 bits per heavy atom. The van der Waals surface area contributed by atoms with Gasteiger partial charge in [0.15, 0.2) is 5.84 Å². The first-order valence-corrected chi connectivity index (χ1v) is 6.90. The van der Waals surface area contributed by atoms with Gasteiger partial charge < -0.3 is 4.90 Å². The van der Waals surface area contributed by atoms with Gasteiger partial charge >= 0.3 is 6.18 Å². The fraction of sp³-hybridized carbons (Fsp3) is 0.467. The summed E-state index contributed by atoms with van der Waals surface area (Å²) in [7, 11) is 3.59. The molecular formula is C15H17F4N3O. The molecule has 0 bridgehead atoms. The second-order valence-electron chi connectivity index (χ2n) is 5.56. The molecule has 2 rings (SSSR count). The minimum atomic E-state index is -4.65. The molecular weight excluding hydrogens is 314 g/mol. The third-order valence-corrected chi connectivity index (χ3v) is 3.55. The monoisotopic (exact) mass is 331 g/mol. The molecule has 2 radical (unpaired) electrons. The van der Waals surface area contributed by atoms with Crippen LogP contribution in [0, 0.1) is 12.7 Å². The molecule has 1 aliphatic rings. The van der Waals surface area contributed by atoms with E-state index >= 15 is 0 Å². The summed E-state index contributed by atoms with van der Waals surface area (Å²) in [4.78, 5) is 10.3. The van der Waals surface area contributed by atoms with Gasteiger partial charge in [-0.05, 0) is 32.6 Å². The van der Waals surface area contributed by atoms with Crippen molar-refractivity contribution in [2.75, 3.05) is 20.6 Å². The largest absolute Gasteiger partial charge is 0.437 e. The summed E-state index contributed by atoms with van der Waals surface area (Å²) in [6.45, 7) is 7.36. The van der Waals surface area contributed by atoms with Gasteiger partial charge in [-0.25, -0.2) is 19.3 Å². The molecule has 0 amide bonds. The maximum Gasteiger partial charge on any atom is 0.437 e. The lowest BCUT2D eigenvalue weighted by molar-refractivity contribution is -0.262. The number of rotatable bonds is 4. The van der Waals surface area contributed by atoms with Crippen LogP contribution in [0.15, 0.2) is 23.2 Å². The molecule has 0 saturated carbocycles. The Morgan fingerprint density at radius 1 is 1.39 bits per heavy atom. The number of aliphatic imine (C=N–C) groups is 1. The number of halogens is 4. The number of hydrogen-bond acceptors (Lipinski definition) is 4. The van der Waals surface area contributed by atoms with Crippen molar-refractivity contribution in [3.8, 4) is 0 Å². The zero-order valence-electron chi connectivity index (χ0n) is 12.9. The molecule has 4 nitrogen and oxygen atoms in total. The SMILES string of the molecule is [CH]c1ccc(C2=NC(C(F)(F)F)ON2CC(C)N(C)C)cc1F. The smallest absolute Gasteiger partial charge is 0.305 e. The summed E-state index contributed by atoms with van der Waals surface area (Å²) < 4.78 is 52.3. The number of likely N-dealkylation sites (N-methyl/N-ethyl adjacent to an activating group) is 1. The summed E-state index contributed by atoms with van der Waals surface area (Å²) in [6, 6.07) is 3.63. The maximum atomic E-state index is 13.6. The van der Waals surface area contributed by atoms with Crippen molar-refractivity contribution in [1.29, 1.82) is 0 Å². The molecule has 0 saturated heterocycles. The van der Waals surface area contributed by atoms with E-state index in [0.717, 1.165) is 11.1 Å². The number of amidine groups is 1. The normalized spacial score (nSPS) is 20.1. The molecule has 8 heteroatoms. The lowest BCUT2D eigenvalue weighted by atomic mass is 10.1. The number of nitrogens with zero attached hydrogens (tertiary/aromatic N) is 3. The van der Waals surface area contributed by atoms with Crippen LogP contribution in [0.25, 0.3) is 0 Å². The standard InChI is InChI=1S/C15H17F4N3O/c1-9-5-6-11(7-12(9)16)13-20-14(15(17,18)19)23-22(13)8-10(2)21(3)4/h1,5-7,10,14H,8H2,2-4H3. The highest BCUT2D eigenvalue weighted by Gasteiger charge is 2.47. The average molecular weight is 331 g/mol. The van der Waals surface area contributed by atoms with Gasteiger partial charge in [-0.3, -0.25) is 0 Å². The van der Waals surface area contributed by atoms with Gasteiger partial charge in [0.2, 0.25) is 0 Å². The van der Waals surface area contributed by atoms with E-state index in [1.54, 1.807) is 14.1 Å². The lowest BCUT2D eigenvalue weighted by Crippen LogP contribution is -2.41. The van der Waals surface area contributed by atoms with Crippen LogP contribution in [0.1, 0.15) is 18.1 Å². The van der Waals surface area contributed by atoms with Crippen molar-refractivity contribution < 1.29 is 22.4 Å². The molecule has 0 aliphatic carbocycles. The Morgan fingerprint density at radius 3 is 2.57 bits per heavy atom. The summed E-state index contributed by atoms with van der Waals surface area (Å²) in [5, 5.41) is 1.05. The highest BCUT2D eigenvalue weighted by molar-refractivity contribution is 5.99. The molecule has 2 unspecified atom stereocenters. The Balaban J connectivity index is 2.34. The molecule has 0 spiro atoms. The van der Waals surface area contributed by atoms with Crippen LogP contribution in [0.3, 0.4) is 0 Å². The number of benzene rings is 1. The predicted molar refractivity (Wildman–Crippen MR) is 77.1 cm³/mol. The van der Waals surface area contributed by atoms with Crippen molar-refractivity contribution in [2.45, 2.75) is 25.4 Å². The second-order valence-corrected chi connectivity index (χ2v) is 5.56. The van der Waals surface area contributed by atoms with Crippen molar-refractivity contribution >= 4 is 5.84 Å². The third-order valence-electron chi connectivity index (χ3n) is 3.55. The van der Waals surface area contributed by atoms with Crippen LogP contribution in [-0.4, -0.2) is 54.9 Å². The number of hydroxylamine groups is 2. The van der Waals surface area contributed by atoms with Crippen molar-refractivity contribution in [3.63, 3.8) is 0 Å². The van der Waals surface area contributed by atoms with Gasteiger partial charge in [-0.2, -0.15) is 13.2 Å². The summed E-state index contributed by atoms with van der Waals surface area (Å²) in [5.41, 5.74) is 0.0863. The Bertz CT molecular complexity index is 601. The van der Waals surface area contributed by atoms with E-state index in [9.17, 15) is 17.6 Å². The van der Waals surface area contributed by atoms with E-state index < -0.39 is 18.2 Å². The van der Waals surface area contributed by atoms with E-state index in [-0.39, 0.29) is 29.5 Å². The van der Waals surface area contributed by atoms with Crippen molar-refractivity contribution in [1.82, 2.24) is 9.96 Å². The van der Waals surface area contributed by atoms with E-state index in [1.165, 1.54) is 12.1 Å². The number of hydrogen-bond donors (Lipinski definition) is 0. The first kappa shape index (κ1) is 17.7. The summed E-state index contributed by atoms with van der Waals surface area (Å²) in [5.74, 6) is -0.791. The first-order chi connectivity index (χ1) is 10.6. The minimum Gasteiger partial charge on any atom is -0.305 e. The summed E-state index contributed by atoms with van der Waals surface area (Å²) >= 11 is 0. The van der Waals surface area contributed by atoms with E-state index in [0.29, 0.717) is 0 Å². The molecule has 1 heterocycles. The van der Waals surface area contributed by atoms with Gasteiger partial charge in [0.1, 0.15) is 5.82 Å². The first-order valence-electron chi connectivity index (χ1n) is 6.90. The molecule has 2 atom stereocenters. The molecule has 1 aromatic rings. The predicted octanol–water partition coefficient (Wildman–Crippen LogP) is 2.72. The maximum absolute atomic E-state index is 13.6. The Kier molecular flexibility index (Phi) is 4.95. The fourth-order valence-corrected chi connectivity index (χ4v) is 1.92. The molecule has 0 aromatic heterocycles. The van der Waals surface area contributed by atoms with Crippen LogP contribution in [0.2, 0.25) is 0 Å². The van der Waals surface area contributed by atoms with Crippen LogP contribution >= 0.6 is 0 Å². The van der Waals surface area contributed by atoms with E-state index in [1.807, 2.05) is 11.8 Å². The highest BCUT2D eigenvalue weighted by atomic mass is 19.4. The second kappa shape index (κ2) is 6.45. The third kappa shape index (κ3) is 4.00. The quantitative estimate of drug-likeness (QED) is 0.794. The van der Waals surface area contributed by atoms with Gasteiger partial charge in [-0.15, -0.1) is 0 Å². The zero-order chi connectivity index (χ0) is 17.4. The van der Waals surface area contributed by atoms with Crippen molar-refractivity contribution in [2.24, 2.45) is 4.99 Å². The van der Waals surface area contributed by atoms with Crippen LogP contribution in [0.5, 0.6) is 0 Å². The van der Waals surface area contributed by atoms with Gasteiger partial charge in [0.25, 0.3) is 6.23 Å². The van der Waals surface area contributed by atoms with E-state index in [4.69, 9.17) is 11.8 Å². The van der Waals surface area contributed by atoms with Crippen LogP contribution < -0.4 is 0 Å². The average Bonchev–Trinajstić information content (AvgIpc) is 2.85. The Labute approximate surface area is 132 Å². The van der Waals surface area contributed by atoms with Gasteiger partial charge in [0, 0.05) is 18.5 Å². The molecule has 0 fully saturated rings. The van der Waals surface area contributed by atoms with E-state index in [2.05, 4.69) is 4.99 Å². The van der Waals surface area contributed by atoms with Crippen molar-refractivity contribution in [3.05, 3.63) is 42.1 Å². The molecule has 1 aromatic carbocycles. The van der Waals surface area contributed by atoms with Gasteiger partial charge in [0.05, 0.1) is 6.54 Å². The lowest BCUT2D eigenvalue weighted by Gasteiger charge is -2.27.